The van der Waals surface area contributed by atoms with Crippen molar-refractivity contribution in [1.82, 2.24) is 9.55 Å². The average Bonchev–Trinajstić information content (AvgIpc) is 2.88. The molecule has 0 spiro atoms. The van der Waals surface area contributed by atoms with Crippen molar-refractivity contribution in [2.45, 2.75) is 10.9 Å². The van der Waals surface area contributed by atoms with E-state index in [9.17, 15) is 9.18 Å². The van der Waals surface area contributed by atoms with E-state index in [1.807, 2.05) is 23.7 Å². The van der Waals surface area contributed by atoms with Gasteiger partial charge in [-0.3, -0.25) is 0 Å². The molecule has 0 aliphatic heterocycles. The van der Waals surface area contributed by atoms with E-state index in [1.165, 1.54) is 19.2 Å². The SMILES string of the molecule is COC(=O)c1ccc(CSc2nc3ccc(F)cc3n2C)cc1. The Bertz CT molecular complexity index is 859. The van der Waals surface area contributed by atoms with Crippen LogP contribution in [-0.2, 0) is 17.5 Å². The highest BCUT2D eigenvalue weighted by Crippen LogP contribution is 2.26. The Morgan fingerprint density at radius 3 is 2.70 bits per heavy atom. The van der Waals surface area contributed by atoms with Crippen LogP contribution in [0.5, 0.6) is 0 Å². The third kappa shape index (κ3) is 3.22. The fourth-order valence-electron chi connectivity index (χ4n) is 2.27. The van der Waals surface area contributed by atoms with Crippen molar-refractivity contribution in [3.8, 4) is 0 Å². The molecular formula is C17H15FN2O2S. The maximum absolute atomic E-state index is 13.3. The molecule has 3 aromatic rings. The molecule has 0 saturated carbocycles. The predicted octanol–water partition coefficient (Wildman–Crippen LogP) is 3.79. The number of halogens is 1. The number of carbonyl (C=O) groups is 1. The maximum atomic E-state index is 13.3. The smallest absolute Gasteiger partial charge is 0.337 e. The van der Waals surface area contributed by atoms with E-state index in [0.717, 1.165) is 21.8 Å². The molecule has 0 bridgehead atoms. The lowest BCUT2D eigenvalue weighted by molar-refractivity contribution is 0.0600. The number of hydrogen-bond donors (Lipinski definition) is 0. The van der Waals surface area contributed by atoms with E-state index in [4.69, 9.17) is 0 Å². The summed E-state index contributed by atoms with van der Waals surface area (Å²) >= 11 is 1.56. The summed E-state index contributed by atoms with van der Waals surface area (Å²) in [6, 6.07) is 11.8. The van der Waals surface area contributed by atoms with Gasteiger partial charge in [0.15, 0.2) is 5.16 Å². The predicted molar refractivity (Wildman–Crippen MR) is 88.0 cm³/mol. The number of aromatic nitrogens is 2. The van der Waals surface area contributed by atoms with Crippen molar-refractivity contribution >= 4 is 28.8 Å². The summed E-state index contributed by atoms with van der Waals surface area (Å²) in [5, 5.41) is 0.822. The molecule has 0 aliphatic carbocycles. The molecule has 0 saturated heterocycles. The van der Waals surface area contributed by atoms with Crippen LogP contribution in [0.3, 0.4) is 0 Å². The van der Waals surface area contributed by atoms with Crippen molar-refractivity contribution < 1.29 is 13.9 Å². The number of fused-ring (bicyclic) bond motifs is 1. The average molecular weight is 330 g/mol. The summed E-state index contributed by atoms with van der Waals surface area (Å²) in [5.41, 5.74) is 3.14. The first-order valence-corrected chi connectivity index (χ1v) is 7.99. The van der Waals surface area contributed by atoms with E-state index in [0.29, 0.717) is 11.3 Å². The Kier molecular flexibility index (Phi) is 4.34. The third-order valence-electron chi connectivity index (χ3n) is 3.54. The molecular weight excluding hydrogens is 315 g/mol. The second-order valence-corrected chi connectivity index (χ2v) is 6.01. The number of carbonyl (C=O) groups excluding carboxylic acids is 1. The van der Waals surface area contributed by atoms with Crippen LogP contribution < -0.4 is 0 Å². The summed E-state index contributed by atoms with van der Waals surface area (Å²) in [5.74, 6) is 0.0956. The molecule has 0 N–H and O–H groups in total. The molecule has 6 heteroatoms. The first kappa shape index (κ1) is 15.6. The number of thioether (sulfide) groups is 1. The highest BCUT2D eigenvalue weighted by Gasteiger charge is 2.10. The highest BCUT2D eigenvalue weighted by molar-refractivity contribution is 7.98. The fraction of sp³-hybridized carbons (Fsp3) is 0.176. The topological polar surface area (TPSA) is 44.1 Å². The first-order chi connectivity index (χ1) is 11.1. The van der Waals surface area contributed by atoms with Gasteiger partial charge < -0.3 is 9.30 Å². The largest absolute Gasteiger partial charge is 0.465 e. The van der Waals surface area contributed by atoms with Crippen LogP contribution in [0.4, 0.5) is 4.39 Å². The quantitative estimate of drug-likeness (QED) is 0.539. The standard InChI is InChI=1S/C17H15FN2O2S/c1-20-15-9-13(18)7-8-14(15)19-17(20)23-10-11-3-5-12(6-4-11)16(21)22-2/h3-9H,10H2,1-2H3. The van der Waals surface area contributed by atoms with Crippen molar-refractivity contribution in [1.29, 1.82) is 0 Å². The summed E-state index contributed by atoms with van der Waals surface area (Å²) in [6.45, 7) is 0. The van der Waals surface area contributed by atoms with Gasteiger partial charge in [0.25, 0.3) is 0 Å². The van der Waals surface area contributed by atoms with E-state index in [2.05, 4.69) is 9.72 Å². The molecule has 118 valence electrons. The number of aryl methyl sites for hydroxylation is 1. The maximum Gasteiger partial charge on any atom is 0.337 e. The molecule has 0 radical (unpaired) electrons. The number of esters is 1. The number of imidazole rings is 1. The van der Waals surface area contributed by atoms with Crippen molar-refractivity contribution in [2.24, 2.45) is 7.05 Å². The Morgan fingerprint density at radius 2 is 2.00 bits per heavy atom. The summed E-state index contributed by atoms with van der Waals surface area (Å²) in [6.07, 6.45) is 0. The number of benzene rings is 2. The summed E-state index contributed by atoms with van der Waals surface area (Å²) < 4.78 is 19.9. The lowest BCUT2D eigenvalue weighted by atomic mass is 10.1. The highest BCUT2D eigenvalue weighted by atomic mass is 32.2. The van der Waals surface area contributed by atoms with Crippen LogP contribution in [0.15, 0.2) is 47.6 Å². The van der Waals surface area contributed by atoms with Gasteiger partial charge in [-0.05, 0) is 35.9 Å². The van der Waals surface area contributed by atoms with Gasteiger partial charge in [0, 0.05) is 12.8 Å². The Hall–Kier alpha value is -2.34. The molecule has 23 heavy (non-hydrogen) atoms. The minimum atomic E-state index is -0.346. The number of rotatable bonds is 4. The summed E-state index contributed by atoms with van der Waals surface area (Å²) in [7, 11) is 3.23. The van der Waals surface area contributed by atoms with Gasteiger partial charge in [0.2, 0.25) is 0 Å². The number of hydrogen-bond acceptors (Lipinski definition) is 4. The Morgan fingerprint density at radius 1 is 1.26 bits per heavy atom. The van der Waals surface area contributed by atoms with Crippen molar-refractivity contribution in [3.63, 3.8) is 0 Å². The zero-order valence-corrected chi connectivity index (χ0v) is 13.6. The summed E-state index contributed by atoms with van der Waals surface area (Å²) in [4.78, 5) is 15.9. The van der Waals surface area contributed by atoms with Crippen molar-refractivity contribution in [2.75, 3.05) is 7.11 Å². The molecule has 0 aliphatic rings. The molecule has 0 fully saturated rings. The molecule has 2 aromatic carbocycles. The number of nitrogens with zero attached hydrogens (tertiary/aromatic N) is 2. The van der Waals surface area contributed by atoms with Crippen LogP contribution >= 0.6 is 11.8 Å². The van der Waals surface area contributed by atoms with Gasteiger partial charge in [-0.25, -0.2) is 14.2 Å². The van der Waals surface area contributed by atoms with E-state index >= 15 is 0 Å². The lowest BCUT2D eigenvalue weighted by Crippen LogP contribution is -2.00. The second kappa shape index (κ2) is 6.42. The molecule has 1 heterocycles. The minimum Gasteiger partial charge on any atom is -0.465 e. The third-order valence-corrected chi connectivity index (χ3v) is 4.65. The molecule has 0 atom stereocenters. The van der Waals surface area contributed by atoms with Crippen LogP contribution in [0.2, 0.25) is 0 Å². The molecule has 3 rings (SSSR count). The minimum absolute atomic E-state index is 0.268. The monoisotopic (exact) mass is 330 g/mol. The lowest BCUT2D eigenvalue weighted by Gasteiger charge is -2.04. The van der Waals surface area contributed by atoms with Crippen molar-refractivity contribution in [3.05, 3.63) is 59.4 Å². The molecule has 0 amide bonds. The van der Waals surface area contributed by atoms with Gasteiger partial charge in [-0.15, -0.1) is 0 Å². The molecule has 0 unspecified atom stereocenters. The van der Waals surface area contributed by atoms with Gasteiger partial charge in [0.05, 0.1) is 23.7 Å². The Labute approximate surface area is 137 Å². The van der Waals surface area contributed by atoms with Crippen LogP contribution in [0, 0.1) is 5.82 Å². The fourth-order valence-corrected chi connectivity index (χ4v) is 3.22. The van der Waals surface area contributed by atoms with Crippen LogP contribution in [0.25, 0.3) is 11.0 Å². The zero-order valence-electron chi connectivity index (χ0n) is 12.7. The van der Waals surface area contributed by atoms with E-state index in [-0.39, 0.29) is 11.8 Å². The number of methoxy groups -OCH3 is 1. The molecule has 1 aromatic heterocycles. The van der Waals surface area contributed by atoms with Crippen LogP contribution in [-0.4, -0.2) is 22.6 Å². The normalized spacial score (nSPS) is 10.9. The molecule has 4 nitrogen and oxygen atoms in total. The van der Waals surface area contributed by atoms with Gasteiger partial charge in [-0.1, -0.05) is 23.9 Å². The van der Waals surface area contributed by atoms with Crippen LogP contribution in [0.1, 0.15) is 15.9 Å². The number of ether oxygens (including phenoxy) is 1. The van der Waals surface area contributed by atoms with Gasteiger partial charge >= 0.3 is 5.97 Å². The first-order valence-electron chi connectivity index (χ1n) is 7.00. The zero-order chi connectivity index (χ0) is 16.4. The van der Waals surface area contributed by atoms with E-state index < -0.39 is 0 Å². The Balaban J connectivity index is 1.75. The second-order valence-electron chi connectivity index (χ2n) is 5.06. The van der Waals surface area contributed by atoms with Gasteiger partial charge in [-0.2, -0.15) is 0 Å². The van der Waals surface area contributed by atoms with E-state index in [1.54, 1.807) is 30.0 Å². The van der Waals surface area contributed by atoms with Gasteiger partial charge in [0.1, 0.15) is 5.82 Å².